The van der Waals surface area contributed by atoms with Crippen molar-refractivity contribution in [2.24, 2.45) is 0 Å². The lowest BCUT2D eigenvalue weighted by Gasteiger charge is -2.22. The van der Waals surface area contributed by atoms with Gasteiger partial charge in [-0.3, -0.25) is 9.78 Å². The number of nitrogens with one attached hydrogen (secondary N) is 1. The molecule has 0 saturated heterocycles. The molecule has 0 aliphatic heterocycles. The number of rotatable bonds is 6. The second-order valence-corrected chi connectivity index (χ2v) is 7.85. The molecule has 1 amide bonds. The number of halogens is 3. The summed E-state index contributed by atoms with van der Waals surface area (Å²) in [5, 5.41) is 6.10. The molecule has 0 bridgehead atoms. The van der Waals surface area contributed by atoms with Gasteiger partial charge in [0.25, 0.3) is 5.91 Å². The summed E-state index contributed by atoms with van der Waals surface area (Å²) >= 11 is 0. The van der Waals surface area contributed by atoms with Crippen LogP contribution in [0.5, 0.6) is 0 Å². The van der Waals surface area contributed by atoms with Gasteiger partial charge in [-0.25, -0.2) is 4.98 Å². The Morgan fingerprint density at radius 1 is 1.06 bits per heavy atom. The van der Waals surface area contributed by atoms with E-state index in [2.05, 4.69) is 29.9 Å². The van der Waals surface area contributed by atoms with Crippen LogP contribution in [-0.2, 0) is 11.6 Å². The Bertz CT molecular complexity index is 1270. The molecule has 170 valence electrons. The number of nitrogens with zero attached hydrogens (tertiary/aromatic N) is 4. The summed E-state index contributed by atoms with van der Waals surface area (Å²) in [5.41, 5.74) is 1.17. The fourth-order valence-corrected chi connectivity index (χ4v) is 2.93. The van der Waals surface area contributed by atoms with Crippen LogP contribution in [0.25, 0.3) is 22.8 Å². The van der Waals surface area contributed by atoms with Gasteiger partial charge in [-0.1, -0.05) is 37.2 Å². The number of carbonyl (C=O) groups excluding carboxylic acids is 1. The quantitative estimate of drug-likeness (QED) is 0.454. The average Bonchev–Trinajstić information content (AvgIpc) is 3.49. The summed E-state index contributed by atoms with van der Waals surface area (Å²) in [6.45, 7) is 4.01. The summed E-state index contributed by atoms with van der Waals surface area (Å²) in [7, 11) is 0. The minimum Gasteiger partial charge on any atom is -0.444 e. The smallest absolute Gasteiger partial charge is 0.444 e. The van der Waals surface area contributed by atoms with Crippen LogP contribution < -0.4 is 5.32 Å². The third kappa shape index (κ3) is 4.92. The van der Waals surface area contributed by atoms with Gasteiger partial charge in [0.15, 0.2) is 0 Å². The molecular weight excluding hydrogens is 439 g/mol. The Hall–Kier alpha value is -4.02. The van der Waals surface area contributed by atoms with E-state index in [1.165, 1.54) is 18.5 Å². The number of alkyl halides is 3. The molecule has 8 nitrogen and oxygen atoms in total. The molecule has 4 aromatic rings. The van der Waals surface area contributed by atoms with Gasteiger partial charge in [0.2, 0.25) is 11.7 Å². The highest BCUT2D eigenvalue weighted by Crippen LogP contribution is 2.29. The fourth-order valence-electron chi connectivity index (χ4n) is 2.93. The molecule has 0 aliphatic rings. The molecule has 0 radical (unpaired) electrons. The number of oxazole rings is 1. The van der Waals surface area contributed by atoms with Crippen LogP contribution >= 0.6 is 0 Å². The highest BCUT2D eigenvalue weighted by atomic mass is 19.4. The first kappa shape index (κ1) is 22.2. The van der Waals surface area contributed by atoms with Crippen LogP contribution in [-0.4, -0.2) is 32.6 Å². The standard InChI is InChI=1S/C22H18F3N5O3/c1-21(2,16-11-32-19(28-16)13-6-4-3-5-7-13)12-27-18(31)15-8-14(9-26-10-15)17-29-20(33-30-17)22(23,24)25/h3-11H,12H2,1-2H3,(H,27,31). The summed E-state index contributed by atoms with van der Waals surface area (Å²) in [6, 6.07) is 10.8. The maximum atomic E-state index is 12.7. The zero-order valence-electron chi connectivity index (χ0n) is 17.6. The normalized spacial score (nSPS) is 12.0. The first-order valence-corrected chi connectivity index (χ1v) is 9.79. The summed E-state index contributed by atoms with van der Waals surface area (Å²) < 4.78 is 47.9. The monoisotopic (exact) mass is 457 g/mol. The van der Waals surface area contributed by atoms with E-state index in [1.54, 1.807) is 6.26 Å². The Morgan fingerprint density at radius 2 is 1.82 bits per heavy atom. The minimum absolute atomic E-state index is 0.116. The van der Waals surface area contributed by atoms with Gasteiger partial charge in [0, 0.05) is 35.5 Å². The Balaban J connectivity index is 1.45. The van der Waals surface area contributed by atoms with Gasteiger partial charge in [-0.2, -0.15) is 18.2 Å². The van der Waals surface area contributed by atoms with Gasteiger partial charge >= 0.3 is 12.1 Å². The molecule has 3 heterocycles. The number of benzene rings is 1. The molecule has 0 aliphatic carbocycles. The lowest BCUT2D eigenvalue weighted by atomic mass is 9.90. The predicted molar refractivity (Wildman–Crippen MR) is 110 cm³/mol. The summed E-state index contributed by atoms with van der Waals surface area (Å²) in [6.07, 6.45) is -0.682. The molecule has 0 spiro atoms. The van der Waals surface area contributed by atoms with E-state index in [-0.39, 0.29) is 23.5 Å². The van der Waals surface area contributed by atoms with Gasteiger partial charge in [-0.15, -0.1) is 0 Å². The minimum atomic E-state index is -4.76. The lowest BCUT2D eigenvalue weighted by molar-refractivity contribution is -0.159. The van der Waals surface area contributed by atoms with Crippen molar-refractivity contribution in [3.05, 3.63) is 72.2 Å². The molecule has 1 aromatic carbocycles. The first-order chi connectivity index (χ1) is 15.6. The molecule has 33 heavy (non-hydrogen) atoms. The maximum Gasteiger partial charge on any atom is 0.471 e. The fraction of sp³-hybridized carbons (Fsp3) is 0.227. The maximum absolute atomic E-state index is 12.7. The van der Waals surface area contributed by atoms with Crippen LogP contribution in [0.4, 0.5) is 13.2 Å². The van der Waals surface area contributed by atoms with Crippen molar-refractivity contribution in [1.29, 1.82) is 0 Å². The zero-order valence-corrected chi connectivity index (χ0v) is 17.6. The van der Waals surface area contributed by atoms with Crippen LogP contribution in [0.15, 0.2) is 64.0 Å². The van der Waals surface area contributed by atoms with Crippen molar-refractivity contribution >= 4 is 5.91 Å². The third-order valence-corrected chi connectivity index (χ3v) is 4.84. The van der Waals surface area contributed by atoms with Crippen molar-refractivity contribution in [2.75, 3.05) is 6.54 Å². The first-order valence-electron chi connectivity index (χ1n) is 9.79. The van der Waals surface area contributed by atoms with E-state index in [4.69, 9.17) is 4.42 Å². The van der Waals surface area contributed by atoms with Gasteiger partial charge < -0.3 is 14.3 Å². The molecule has 3 aromatic heterocycles. The Morgan fingerprint density at radius 3 is 2.52 bits per heavy atom. The van der Waals surface area contributed by atoms with Crippen molar-refractivity contribution in [2.45, 2.75) is 25.4 Å². The van der Waals surface area contributed by atoms with Crippen molar-refractivity contribution in [1.82, 2.24) is 25.4 Å². The van der Waals surface area contributed by atoms with Crippen LogP contribution in [0, 0.1) is 0 Å². The number of pyridine rings is 1. The molecule has 0 unspecified atom stereocenters. The van der Waals surface area contributed by atoms with E-state index in [0.29, 0.717) is 11.6 Å². The van der Waals surface area contributed by atoms with Gasteiger partial charge in [-0.05, 0) is 18.2 Å². The van der Waals surface area contributed by atoms with Crippen LogP contribution in [0.3, 0.4) is 0 Å². The van der Waals surface area contributed by atoms with Crippen molar-refractivity contribution < 1.29 is 26.9 Å². The molecule has 4 rings (SSSR count). The van der Waals surface area contributed by atoms with Crippen LogP contribution in [0.1, 0.15) is 35.8 Å². The Labute approximate surface area is 185 Å². The van der Waals surface area contributed by atoms with Crippen molar-refractivity contribution in [3.63, 3.8) is 0 Å². The Kier molecular flexibility index (Phi) is 5.71. The molecule has 11 heteroatoms. The topological polar surface area (TPSA) is 107 Å². The van der Waals surface area contributed by atoms with Crippen LogP contribution in [0.2, 0.25) is 0 Å². The summed E-state index contributed by atoms with van der Waals surface area (Å²) in [4.78, 5) is 24.4. The van der Waals surface area contributed by atoms with Gasteiger partial charge in [0.05, 0.1) is 11.3 Å². The van der Waals surface area contributed by atoms with E-state index in [1.807, 2.05) is 44.2 Å². The molecule has 0 atom stereocenters. The van der Waals surface area contributed by atoms with E-state index < -0.39 is 23.4 Å². The largest absolute Gasteiger partial charge is 0.471 e. The summed E-state index contributed by atoms with van der Waals surface area (Å²) in [5.74, 6) is -1.79. The van der Waals surface area contributed by atoms with Gasteiger partial charge in [0.1, 0.15) is 6.26 Å². The second-order valence-electron chi connectivity index (χ2n) is 7.85. The van der Waals surface area contributed by atoms with E-state index >= 15 is 0 Å². The molecule has 0 saturated carbocycles. The SMILES string of the molecule is CC(C)(CNC(=O)c1cncc(-c2noc(C(F)(F)F)n2)c1)c1coc(-c2ccccc2)n1. The van der Waals surface area contributed by atoms with Crippen molar-refractivity contribution in [3.8, 4) is 22.8 Å². The molecule has 1 N–H and O–H groups in total. The number of amides is 1. The lowest BCUT2D eigenvalue weighted by Crippen LogP contribution is -2.37. The van der Waals surface area contributed by atoms with E-state index in [9.17, 15) is 18.0 Å². The number of hydrogen-bond acceptors (Lipinski definition) is 7. The highest BCUT2D eigenvalue weighted by molar-refractivity contribution is 5.94. The highest BCUT2D eigenvalue weighted by Gasteiger charge is 2.38. The number of hydrogen-bond donors (Lipinski definition) is 1. The number of aromatic nitrogens is 4. The van der Waals surface area contributed by atoms with E-state index in [0.717, 1.165) is 5.56 Å². The molecular formula is C22H18F3N5O3. The average molecular weight is 457 g/mol. The predicted octanol–water partition coefficient (Wildman–Crippen LogP) is 4.51. The number of carbonyl (C=O) groups is 1. The molecule has 0 fully saturated rings. The third-order valence-electron chi connectivity index (χ3n) is 4.84. The second kappa shape index (κ2) is 8.49. The zero-order chi connectivity index (χ0) is 23.6.